The van der Waals surface area contributed by atoms with Crippen LogP contribution in [0.1, 0.15) is 10.6 Å². The molecule has 1 amide bonds. The zero-order valence-electron chi connectivity index (χ0n) is 22.7. The van der Waals surface area contributed by atoms with Gasteiger partial charge in [-0.25, -0.2) is 9.78 Å². The normalized spacial score (nSPS) is 11.3. The van der Waals surface area contributed by atoms with E-state index >= 15 is 0 Å². The molecule has 6 aromatic rings. The zero-order valence-corrected chi connectivity index (χ0v) is 23.5. The Morgan fingerprint density at radius 1 is 1.05 bits per heavy atom. The molecule has 2 heterocycles. The fraction of sp³-hybridized carbons (Fsp3) is 0.0303. The number of rotatable bonds is 8. The number of non-ortho nitro benzene ring substituents is 1. The number of allylic oxidation sites excluding steroid dienone is 1. The van der Waals surface area contributed by atoms with Crippen LogP contribution >= 0.6 is 11.3 Å². The SMILES string of the molecule is N#CC(=Cc1cc([N+](=O)[O-])ccc1OCC(=O)Nc1ccccc1)c1nc(-c2cc3c(ccc4ccccc43)oc2=O)cs1. The van der Waals surface area contributed by atoms with Gasteiger partial charge in [0, 0.05) is 34.1 Å². The summed E-state index contributed by atoms with van der Waals surface area (Å²) in [6.45, 7) is -0.372. The smallest absolute Gasteiger partial charge is 0.345 e. The maximum atomic E-state index is 12.9. The van der Waals surface area contributed by atoms with Crippen molar-refractivity contribution in [2.24, 2.45) is 0 Å². The average Bonchev–Trinajstić information content (AvgIpc) is 3.52. The van der Waals surface area contributed by atoms with Gasteiger partial charge >= 0.3 is 5.63 Å². The monoisotopic (exact) mass is 600 g/mol. The molecule has 0 saturated carbocycles. The number of carbonyl (C=O) groups is 1. The molecule has 1 N–H and O–H groups in total. The fourth-order valence-electron chi connectivity index (χ4n) is 4.62. The number of nitrogens with one attached hydrogen (secondary N) is 1. The molecule has 0 aliphatic carbocycles. The van der Waals surface area contributed by atoms with E-state index in [1.807, 2.05) is 36.4 Å². The molecular formula is C33H20N4O6S. The lowest BCUT2D eigenvalue weighted by Crippen LogP contribution is -2.20. The number of hydrogen-bond acceptors (Lipinski definition) is 9. The Morgan fingerprint density at radius 3 is 2.64 bits per heavy atom. The first-order valence-electron chi connectivity index (χ1n) is 13.2. The van der Waals surface area contributed by atoms with Crippen LogP contribution in [0.3, 0.4) is 0 Å². The summed E-state index contributed by atoms with van der Waals surface area (Å²) in [7, 11) is 0. The first-order chi connectivity index (χ1) is 21.4. The van der Waals surface area contributed by atoms with Crippen molar-refractivity contribution in [3.05, 3.63) is 127 Å². The Bertz CT molecular complexity index is 2200. The summed E-state index contributed by atoms with van der Waals surface area (Å²) in [5, 5.41) is 28.8. The molecule has 0 radical (unpaired) electrons. The Labute approximate surface area is 253 Å². The number of thiazole rings is 1. The number of para-hydroxylation sites is 1. The Morgan fingerprint density at radius 2 is 1.84 bits per heavy atom. The summed E-state index contributed by atoms with van der Waals surface area (Å²) in [5.74, 6) is -0.276. The summed E-state index contributed by atoms with van der Waals surface area (Å²) in [5.41, 5.74) is 1.07. The van der Waals surface area contributed by atoms with Gasteiger partial charge in [-0.1, -0.05) is 48.5 Å². The molecule has 10 nitrogen and oxygen atoms in total. The number of carbonyl (C=O) groups excluding carboxylic acids is 1. The van der Waals surface area contributed by atoms with E-state index in [1.54, 1.807) is 41.8 Å². The maximum absolute atomic E-state index is 12.9. The van der Waals surface area contributed by atoms with Gasteiger partial charge in [-0.3, -0.25) is 14.9 Å². The summed E-state index contributed by atoms with van der Waals surface area (Å²) >= 11 is 1.13. The van der Waals surface area contributed by atoms with Crippen molar-refractivity contribution >= 4 is 62.0 Å². The lowest BCUT2D eigenvalue weighted by atomic mass is 10.0. The van der Waals surface area contributed by atoms with E-state index in [2.05, 4.69) is 16.4 Å². The minimum absolute atomic E-state index is 0.0796. The number of nitrogens with zero attached hydrogens (tertiary/aromatic N) is 3. The highest BCUT2D eigenvalue weighted by Crippen LogP contribution is 2.32. The predicted octanol–water partition coefficient (Wildman–Crippen LogP) is 7.06. The quantitative estimate of drug-likeness (QED) is 0.0642. The highest BCUT2D eigenvalue weighted by Gasteiger charge is 2.17. The van der Waals surface area contributed by atoms with Crippen LogP contribution in [0, 0.1) is 21.4 Å². The number of aromatic nitrogens is 1. The van der Waals surface area contributed by atoms with Gasteiger partial charge in [-0.2, -0.15) is 5.26 Å². The molecule has 4 aromatic carbocycles. The molecule has 214 valence electrons. The molecule has 0 spiro atoms. The highest BCUT2D eigenvalue weighted by atomic mass is 32.1. The number of nitro benzene ring substituents is 1. The molecule has 6 rings (SSSR count). The number of ether oxygens (including phenoxy) is 1. The van der Waals surface area contributed by atoms with Gasteiger partial charge in [-0.15, -0.1) is 11.3 Å². The summed E-state index contributed by atoms with van der Waals surface area (Å²) in [6, 6.07) is 27.8. The number of nitro groups is 1. The van der Waals surface area contributed by atoms with Crippen molar-refractivity contribution in [2.75, 3.05) is 11.9 Å². The molecule has 0 aliphatic heterocycles. The van der Waals surface area contributed by atoms with Crippen molar-refractivity contribution in [3.63, 3.8) is 0 Å². The van der Waals surface area contributed by atoms with Crippen LogP contribution in [0.4, 0.5) is 11.4 Å². The van der Waals surface area contributed by atoms with Crippen molar-refractivity contribution in [2.45, 2.75) is 0 Å². The maximum Gasteiger partial charge on any atom is 0.345 e. The van der Waals surface area contributed by atoms with Crippen LogP contribution in [0.5, 0.6) is 5.75 Å². The van der Waals surface area contributed by atoms with E-state index in [0.29, 0.717) is 17.0 Å². The summed E-state index contributed by atoms with van der Waals surface area (Å²) < 4.78 is 11.3. The molecule has 0 aliphatic rings. The average molecular weight is 601 g/mol. The number of amides is 1. The third-order valence-corrected chi connectivity index (χ3v) is 7.57. The fourth-order valence-corrected chi connectivity index (χ4v) is 5.41. The second-order valence-corrected chi connectivity index (χ2v) is 10.4. The van der Waals surface area contributed by atoms with Crippen LogP contribution in [0.15, 0.2) is 106 Å². The number of nitriles is 1. The van der Waals surface area contributed by atoms with Gasteiger partial charge in [0.05, 0.1) is 21.8 Å². The summed E-state index contributed by atoms with van der Waals surface area (Å²) in [4.78, 5) is 40.8. The van der Waals surface area contributed by atoms with E-state index in [1.165, 1.54) is 24.3 Å². The molecule has 2 aromatic heterocycles. The van der Waals surface area contributed by atoms with Crippen molar-refractivity contribution in [1.29, 1.82) is 5.26 Å². The van der Waals surface area contributed by atoms with Crippen molar-refractivity contribution < 1.29 is 18.9 Å². The first-order valence-corrected chi connectivity index (χ1v) is 14.1. The molecule has 0 atom stereocenters. The van der Waals surface area contributed by atoms with Crippen molar-refractivity contribution in [3.8, 4) is 23.1 Å². The Hall–Kier alpha value is -6.12. The minimum atomic E-state index is -0.574. The van der Waals surface area contributed by atoms with Gasteiger partial charge in [0.15, 0.2) is 6.61 Å². The third kappa shape index (κ3) is 5.78. The van der Waals surface area contributed by atoms with Gasteiger partial charge in [0.2, 0.25) is 0 Å². The largest absolute Gasteiger partial charge is 0.483 e. The molecule has 0 unspecified atom stereocenters. The van der Waals surface area contributed by atoms with E-state index < -0.39 is 16.5 Å². The standard InChI is InChI=1S/C33H20N4O6S/c34-17-22(14-21-15-24(37(40)41)11-13-29(21)42-18-31(38)35-23-7-2-1-3-8-23)32-36-28(19-44-32)27-16-26-25-9-5-4-6-20(25)10-12-30(26)43-33(27)39/h1-16,19H,18H2,(H,35,38). The summed E-state index contributed by atoms with van der Waals surface area (Å²) in [6.07, 6.45) is 1.40. The molecule has 0 saturated heterocycles. The second kappa shape index (κ2) is 12.0. The minimum Gasteiger partial charge on any atom is -0.483 e. The van der Waals surface area contributed by atoms with Gasteiger partial charge in [-0.05, 0) is 47.2 Å². The molecule has 0 fully saturated rings. The van der Waals surface area contributed by atoms with E-state index in [4.69, 9.17) is 9.15 Å². The van der Waals surface area contributed by atoms with Crippen LogP contribution in [0.25, 0.3) is 44.6 Å². The topological polar surface area (TPSA) is 148 Å². The lowest BCUT2D eigenvalue weighted by Gasteiger charge is -2.10. The van der Waals surface area contributed by atoms with Gasteiger partial charge in [0.25, 0.3) is 11.6 Å². The highest BCUT2D eigenvalue weighted by molar-refractivity contribution is 7.11. The Kier molecular flexibility index (Phi) is 7.65. The first kappa shape index (κ1) is 28.0. The number of fused-ring (bicyclic) bond motifs is 3. The van der Waals surface area contributed by atoms with Gasteiger partial charge < -0.3 is 14.5 Å². The molecular weight excluding hydrogens is 580 g/mol. The van der Waals surface area contributed by atoms with E-state index in [-0.39, 0.29) is 39.8 Å². The van der Waals surface area contributed by atoms with Crippen LogP contribution in [-0.4, -0.2) is 22.4 Å². The number of hydrogen-bond donors (Lipinski definition) is 1. The third-order valence-electron chi connectivity index (χ3n) is 6.69. The molecule has 11 heteroatoms. The van der Waals surface area contributed by atoms with Crippen molar-refractivity contribution in [1.82, 2.24) is 4.98 Å². The van der Waals surface area contributed by atoms with Crippen LogP contribution in [0.2, 0.25) is 0 Å². The predicted molar refractivity (Wildman–Crippen MR) is 168 cm³/mol. The second-order valence-electron chi connectivity index (χ2n) is 9.54. The zero-order chi connectivity index (χ0) is 30.6. The van der Waals surface area contributed by atoms with E-state index in [9.17, 15) is 25.0 Å². The number of benzene rings is 4. The molecule has 44 heavy (non-hydrogen) atoms. The van der Waals surface area contributed by atoms with Crippen LogP contribution in [-0.2, 0) is 4.79 Å². The van der Waals surface area contributed by atoms with Crippen LogP contribution < -0.4 is 15.7 Å². The molecule has 0 bridgehead atoms. The Balaban J connectivity index is 1.32. The van der Waals surface area contributed by atoms with E-state index in [0.717, 1.165) is 27.5 Å². The lowest BCUT2D eigenvalue weighted by molar-refractivity contribution is -0.384. The van der Waals surface area contributed by atoms with Gasteiger partial charge in [0.1, 0.15) is 22.4 Å². The number of anilines is 1.